The quantitative estimate of drug-likeness (QED) is 0.791. The van der Waals surface area contributed by atoms with Gasteiger partial charge in [-0.15, -0.1) is 0 Å². The molecular weight excluding hydrogens is 237 g/mol. The van der Waals surface area contributed by atoms with E-state index in [-0.39, 0.29) is 18.1 Å². The number of carbonyl (C=O) groups excluding carboxylic acids is 1. The summed E-state index contributed by atoms with van der Waals surface area (Å²) in [6.07, 6.45) is 1.38. The van der Waals surface area contributed by atoms with Crippen LogP contribution < -0.4 is 10.6 Å². The Morgan fingerprint density at radius 2 is 2.17 bits per heavy atom. The molecule has 0 spiro atoms. The van der Waals surface area contributed by atoms with Crippen LogP contribution in [0.5, 0.6) is 0 Å². The van der Waals surface area contributed by atoms with Gasteiger partial charge in [0.15, 0.2) is 11.6 Å². The smallest absolute Gasteiger partial charge is 0.224 e. The van der Waals surface area contributed by atoms with Crippen LogP contribution in [-0.4, -0.2) is 48.0 Å². The lowest BCUT2D eigenvalue weighted by atomic mass is 10.4. The summed E-state index contributed by atoms with van der Waals surface area (Å²) in [6, 6.07) is 0. The van der Waals surface area contributed by atoms with Crippen molar-refractivity contribution in [2.45, 2.75) is 13.3 Å². The Kier molecular flexibility index (Phi) is 5.29. The monoisotopic (exact) mass is 255 g/mol. The third kappa shape index (κ3) is 4.15. The minimum absolute atomic E-state index is 0.0242. The van der Waals surface area contributed by atoms with E-state index in [2.05, 4.69) is 20.6 Å². The molecule has 0 bridgehead atoms. The topological polar surface area (TPSA) is 70.2 Å². The van der Waals surface area contributed by atoms with Gasteiger partial charge in [-0.2, -0.15) is 4.98 Å². The molecule has 0 radical (unpaired) electrons. The Bertz CT molecular complexity index is 410. The van der Waals surface area contributed by atoms with Gasteiger partial charge in [0.2, 0.25) is 11.9 Å². The number of hydrogen-bond acceptors (Lipinski definition) is 5. The van der Waals surface area contributed by atoms with Crippen molar-refractivity contribution in [2.24, 2.45) is 0 Å². The second kappa shape index (κ2) is 6.73. The van der Waals surface area contributed by atoms with E-state index in [1.165, 1.54) is 4.90 Å². The number of aromatic nitrogens is 2. The van der Waals surface area contributed by atoms with E-state index in [4.69, 9.17) is 0 Å². The molecule has 7 heteroatoms. The SMILES string of the molecule is CCNc1ncc(F)c(NCCC(=O)N(C)C)n1. The van der Waals surface area contributed by atoms with Crippen LogP contribution in [0.4, 0.5) is 16.2 Å². The van der Waals surface area contributed by atoms with E-state index < -0.39 is 5.82 Å². The second-order valence-corrected chi connectivity index (χ2v) is 3.89. The highest BCUT2D eigenvalue weighted by molar-refractivity contribution is 5.76. The summed E-state index contributed by atoms with van der Waals surface area (Å²) >= 11 is 0. The molecule has 1 aromatic rings. The standard InChI is InChI=1S/C11H18FN5O/c1-4-13-11-15-7-8(12)10(16-11)14-6-5-9(18)17(2)3/h7H,4-6H2,1-3H3,(H2,13,14,15,16). The number of hydrogen-bond donors (Lipinski definition) is 2. The van der Waals surface area contributed by atoms with Crippen LogP contribution in [0, 0.1) is 5.82 Å². The molecule has 0 unspecified atom stereocenters. The van der Waals surface area contributed by atoms with Gasteiger partial charge in [-0.1, -0.05) is 0 Å². The molecule has 18 heavy (non-hydrogen) atoms. The zero-order valence-electron chi connectivity index (χ0n) is 10.8. The summed E-state index contributed by atoms with van der Waals surface area (Å²) in [6.45, 7) is 2.89. The largest absolute Gasteiger partial charge is 0.367 e. The molecule has 1 heterocycles. The van der Waals surface area contributed by atoms with Crippen molar-refractivity contribution in [3.05, 3.63) is 12.0 Å². The summed E-state index contributed by atoms with van der Waals surface area (Å²) in [5.41, 5.74) is 0. The minimum atomic E-state index is -0.533. The van der Waals surface area contributed by atoms with Crippen molar-refractivity contribution in [2.75, 3.05) is 37.8 Å². The van der Waals surface area contributed by atoms with Crippen LogP contribution in [0.1, 0.15) is 13.3 Å². The second-order valence-electron chi connectivity index (χ2n) is 3.89. The minimum Gasteiger partial charge on any atom is -0.367 e. The molecule has 100 valence electrons. The molecule has 0 saturated carbocycles. The van der Waals surface area contributed by atoms with Gasteiger partial charge in [0.1, 0.15) is 0 Å². The molecule has 1 amide bonds. The number of nitrogens with zero attached hydrogens (tertiary/aromatic N) is 3. The van der Waals surface area contributed by atoms with Gasteiger partial charge in [-0.25, -0.2) is 9.37 Å². The Morgan fingerprint density at radius 3 is 2.78 bits per heavy atom. The Balaban J connectivity index is 2.55. The first-order valence-electron chi connectivity index (χ1n) is 5.75. The maximum absolute atomic E-state index is 13.4. The lowest BCUT2D eigenvalue weighted by molar-refractivity contribution is -0.128. The van der Waals surface area contributed by atoms with E-state index in [1.54, 1.807) is 14.1 Å². The lowest BCUT2D eigenvalue weighted by Gasteiger charge is -2.11. The van der Waals surface area contributed by atoms with Crippen molar-refractivity contribution in [1.29, 1.82) is 0 Å². The molecule has 0 aliphatic heterocycles. The maximum atomic E-state index is 13.4. The van der Waals surface area contributed by atoms with E-state index in [9.17, 15) is 9.18 Å². The van der Waals surface area contributed by atoms with E-state index in [0.717, 1.165) is 6.20 Å². The van der Waals surface area contributed by atoms with Crippen LogP contribution in [0.3, 0.4) is 0 Å². The van der Waals surface area contributed by atoms with Gasteiger partial charge in [0.05, 0.1) is 6.20 Å². The van der Waals surface area contributed by atoms with Gasteiger partial charge in [-0.05, 0) is 6.92 Å². The van der Waals surface area contributed by atoms with Gasteiger partial charge < -0.3 is 15.5 Å². The fourth-order valence-electron chi connectivity index (χ4n) is 1.25. The summed E-state index contributed by atoms with van der Waals surface area (Å²) in [4.78, 5) is 20.6. The predicted molar refractivity (Wildman–Crippen MR) is 68.0 cm³/mol. The third-order valence-corrected chi connectivity index (χ3v) is 2.21. The van der Waals surface area contributed by atoms with Gasteiger partial charge in [0.25, 0.3) is 0 Å². The number of amides is 1. The number of nitrogens with one attached hydrogen (secondary N) is 2. The zero-order valence-corrected chi connectivity index (χ0v) is 10.8. The highest BCUT2D eigenvalue weighted by atomic mass is 19.1. The van der Waals surface area contributed by atoms with E-state index >= 15 is 0 Å². The van der Waals surface area contributed by atoms with Gasteiger partial charge >= 0.3 is 0 Å². The van der Waals surface area contributed by atoms with Crippen LogP contribution in [0.2, 0.25) is 0 Å². The van der Waals surface area contributed by atoms with Crippen LogP contribution in [-0.2, 0) is 4.79 Å². The average molecular weight is 255 g/mol. The normalized spacial score (nSPS) is 10.0. The maximum Gasteiger partial charge on any atom is 0.224 e. The van der Waals surface area contributed by atoms with Crippen LogP contribution in [0.25, 0.3) is 0 Å². The lowest BCUT2D eigenvalue weighted by Crippen LogP contribution is -2.24. The van der Waals surface area contributed by atoms with E-state index in [1.807, 2.05) is 6.92 Å². The summed E-state index contributed by atoms with van der Waals surface area (Å²) in [5, 5.41) is 5.67. The fraction of sp³-hybridized carbons (Fsp3) is 0.545. The Labute approximate surface area is 106 Å². The summed E-state index contributed by atoms with van der Waals surface area (Å²) in [7, 11) is 3.35. The zero-order chi connectivity index (χ0) is 13.5. The number of carbonyl (C=O) groups is 1. The highest BCUT2D eigenvalue weighted by Crippen LogP contribution is 2.11. The number of anilines is 2. The number of rotatable bonds is 6. The van der Waals surface area contributed by atoms with Crippen molar-refractivity contribution in [1.82, 2.24) is 14.9 Å². The van der Waals surface area contributed by atoms with Crippen LogP contribution in [0.15, 0.2) is 6.20 Å². The highest BCUT2D eigenvalue weighted by Gasteiger charge is 2.08. The Morgan fingerprint density at radius 1 is 1.44 bits per heavy atom. The molecule has 1 aromatic heterocycles. The Hall–Kier alpha value is -1.92. The third-order valence-electron chi connectivity index (χ3n) is 2.21. The van der Waals surface area contributed by atoms with Gasteiger partial charge in [0, 0.05) is 33.6 Å². The van der Waals surface area contributed by atoms with Crippen molar-refractivity contribution in [3.8, 4) is 0 Å². The first-order chi connectivity index (χ1) is 8.54. The average Bonchev–Trinajstić information content (AvgIpc) is 2.33. The molecule has 6 nitrogen and oxygen atoms in total. The molecule has 0 aliphatic carbocycles. The predicted octanol–water partition coefficient (Wildman–Crippen LogP) is 0.938. The van der Waals surface area contributed by atoms with E-state index in [0.29, 0.717) is 19.0 Å². The summed E-state index contributed by atoms with van der Waals surface area (Å²) < 4.78 is 13.4. The first-order valence-corrected chi connectivity index (χ1v) is 5.75. The van der Waals surface area contributed by atoms with Crippen LogP contribution >= 0.6 is 0 Å². The molecule has 1 rings (SSSR count). The van der Waals surface area contributed by atoms with Crippen molar-refractivity contribution >= 4 is 17.7 Å². The summed E-state index contributed by atoms with van der Waals surface area (Å²) in [5.74, 6) is -0.0920. The molecule has 0 fully saturated rings. The molecule has 0 aliphatic rings. The molecule has 0 atom stereocenters. The van der Waals surface area contributed by atoms with Crippen molar-refractivity contribution < 1.29 is 9.18 Å². The molecule has 2 N–H and O–H groups in total. The fourth-order valence-corrected chi connectivity index (χ4v) is 1.25. The first kappa shape index (κ1) is 14.1. The van der Waals surface area contributed by atoms with Crippen molar-refractivity contribution in [3.63, 3.8) is 0 Å². The number of halogens is 1. The van der Waals surface area contributed by atoms with Gasteiger partial charge in [-0.3, -0.25) is 4.79 Å². The molecule has 0 saturated heterocycles. The molecule has 0 aromatic carbocycles. The molecular formula is C11H18FN5O.